The van der Waals surface area contributed by atoms with E-state index in [-0.39, 0.29) is 11.8 Å². The predicted octanol–water partition coefficient (Wildman–Crippen LogP) is 4.23. The first-order chi connectivity index (χ1) is 16.6. The third-order valence-corrected chi connectivity index (χ3v) is 7.98. The number of hydrogen-bond donors (Lipinski definition) is 2. The number of thioether (sulfide) groups is 1. The Morgan fingerprint density at radius 2 is 1.91 bits per heavy atom. The number of carbonyl (C=O) groups excluding carboxylic acids is 2. The van der Waals surface area contributed by atoms with Crippen molar-refractivity contribution in [1.82, 2.24) is 20.1 Å². The maximum absolute atomic E-state index is 13.3. The monoisotopic (exact) mass is 476 g/mol. The van der Waals surface area contributed by atoms with Crippen LogP contribution in [0.1, 0.15) is 41.3 Å². The van der Waals surface area contributed by atoms with Crippen molar-refractivity contribution in [3.05, 3.63) is 71.4 Å². The van der Waals surface area contributed by atoms with E-state index in [1.807, 2.05) is 30.3 Å². The number of nitrogens with one attached hydrogen (secondary N) is 2. The Bertz CT molecular complexity index is 1180. The zero-order chi connectivity index (χ0) is 23.5. The number of likely N-dealkylation sites (tertiary alicyclic amines) is 1. The van der Waals surface area contributed by atoms with Crippen LogP contribution in [0.2, 0.25) is 0 Å². The minimum atomic E-state index is -0.457. The van der Waals surface area contributed by atoms with Crippen LogP contribution in [-0.2, 0) is 17.9 Å². The van der Waals surface area contributed by atoms with E-state index in [4.69, 9.17) is 0 Å². The molecule has 0 radical (unpaired) electrons. The third-order valence-electron chi connectivity index (χ3n) is 6.97. The molecule has 0 saturated carbocycles. The number of para-hydroxylation sites is 1. The van der Waals surface area contributed by atoms with Crippen molar-refractivity contribution in [2.45, 2.75) is 38.9 Å². The van der Waals surface area contributed by atoms with E-state index in [0.29, 0.717) is 23.7 Å². The molecular weight excluding hydrogens is 444 g/mol. The van der Waals surface area contributed by atoms with E-state index in [2.05, 4.69) is 40.3 Å². The summed E-state index contributed by atoms with van der Waals surface area (Å²) < 4.78 is 0. The Labute approximate surface area is 205 Å². The van der Waals surface area contributed by atoms with Crippen LogP contribution < -0.4 is 5.32 Å². The second kappa shape index (κ2) is 10.2. The average Bonchev–Trinajstić information content (AvgIpc) is 3.51. The van der Waals surface area contributed by atoms with Crippen LogP contribution in [0.3, 0.4) is 0 Å². The van der Waals surface area contributed by atoms with Gasteiger partial charge >= 0.3 is 0 Å². The number of piperidine rings is 1. The predicted molar refractivity (Wildman–Crippen MR) is 138 cm³/mol. The van der Waals surface area contributed by atoms with Crippen LogP contribution in [0.15, 0.2) is 54.7 Å². The highest BCUT2D eigenvalue weighted by Crippen LogP contribution is 2.27. The van der Waals surface area contributed by atoms with Crippen LogP contribution in [0.5, 0.6) is 0 Å². The molecule has 2 atom stereocenters. The quantitative estimate of drug-likeness (QED) is 0.559. The van der Waals surface area contributed by atoms with Gasteiger partial charge in [0.1, 0.15) is 6.04 Å². The molecule has 2 unspecified atom stereocenters. The SMILES string of the molecule is CC1CCCN(Cc2ccccc2CNC(=O)C2CSCN2C(=O)c2c[nH]c3ccccc23)C1. The topological polar surface area (TPSA) is 68.4 Å². The summed E-state index contributed by atoms with van der Waals surface area (Å²) in [5, 5.41) is 4.02. The third kappa shape index (κ3) is 4.86. The van der Waals surface area contributed by atoms with Gasteiger partial charge in [-0.05, 0) is 42.5 Å². The summed E-state index contributed by atoms with van der Waals surface area (Å²) in [7, 11) is 0. The van der Waals surface area contributed by atoms with E-state index < -0.39 is 6.04 Å². The molecule has 2 amide bonds. The molecule has 3 heterocycles. The minimum Gasteiger partial charge on any atom is -0.360 e. The Balaban J connectivity index is 1.24. The number of fused-ring (bicyclic) bond motifs is 1. The van der Waals surface area contributed by atoms with Crippen LogP contribution in [-0.4, -0.2) is 57.4 Å². The number of nitrogens with zero attached hydrogens (tertiary/aromatic N) is 2. The van der Waals surface area contributed by atoms with Crippen LogP contribution in [0.25, 0.3) is 10.9 Å². The van der Waals surface area contributed by atoms with E-state index in [9.17, 15) is 9.59 Å². The first-order valence-electron chi connectivity index (χ1n) is 12.1. The van der Waals surface area contributed by atoms with E-state index in [1.165, 1.54) is 18.4 Å². The molecule has 2 saturated heterocycles. The Hall–Kier alpha value is -2.77. The highest BCUT2D eigenvalue weighted by molar-refractivity contribution is 7.99. The summed E-state index contributed by atoms with van der Waals surface area (Å²) in [5.74, 6) is 1.70. The minimum absolute atomic E-state index is 0.0837. The normalized spacial score (nSPS) is 21.1. The Morgan fingerprint density at radius 3 is 2.76 bits per heavy atom. The molecule has 3 aromatic rings. The van der Waals surface area contributed by atoms with E-state index in [1.54, 1.807) is 22.9 Å². The molecule has 2 aliphatic heterocycles. The van der Waals surface area contributed by atoms with Gasteiger partial charge in [0.2, 0.25) is 5.91 Å². The van der Waals surface area contributed by atoms with Crippen LogP contribution >= 0.6 is 11.8 Å². The number of aromatic nitrogens is 1. The zero-order valence-electron chi connectivity index (χ0n) is 19.6. The lowest BCUT2D eigenvalue weighted by Crippen LogP contribution is -2.47. The molecule has 0 aliphatic carbocycles. The largest absolute Gasteiger partial charge is 0.360 e. The molecule has 5 rings (SSSR count). The van der Waals surface area contributed by atoms with Crippen molar-refractivity contribution in [2.75, 3.05) is 24.7 Å². The summed E-state index contributed by atoms with van der Waals surface area (Å²) in [6.45, 7) is 5.98. The van der Waals surface area contributed by atoms with Crippen molar-refractivity contribution >= 4 is 34.5 Å². The molecule has 2 aliphatic rings. The molecular formula is C27H32N4O2S. The molecule has 0 spiro atoms. The molecule has 2 N–H and O–H groups in total. The van der Waals surface area contributed by atoms with Gasteiger partial charge in [-0.25, -0.2) is 0 Å². The summed E-state index contributed by atoms with van der Waals surface area (Å²) in [6.07, 6.45) is 4.31. The lowest BCUT2D eigenvalue weighted by Gasteiger charge is -2.31. The summed E-state index contributed by atoms with van der Waals surface area (Å²) in [6, 6.07) is 15.7. The van der Waals surface area contributed by atoms with Gasteiger partial charge in [0.25, 0.3) is 5.91 Å². The maximum atomic E-state index is 13.3. The average molecular weight is 477 g/mol. The van der Waals surface area contributed by atoms with Crippen molar-refractivity contribution in [2.24, 2.45) is 5.92 Å². The first kappa shape index (κ1) is 23.0. The van der Waals surface area contributed by atoms with Gasteiger partial charge in [-0.1, -0.05) is 49.4 Å². The van der Waals surface area contributed by atoms with Crippen molar-refractivity contribution < 1.29 is 9.59 Å². The first-order valence-corrected chi connectivity index (χ1v) is 13.3. The maximum Gasteiger partial charge on any atom is 0.257 e. The number of benzene rings is 2. The molecule has 34 heavy (non-hydrogen) atoms. The second-order valence-electron chi connectivity index (χ2n) is 9.51. The molecule has 0 bridgehead atoms. The molecule has 2 aromatic carbocycles. The summed E-state index contributed by atoms with van der Waals surface area (Å²) in [5.41, 5.74) is 3.97. The molecule has 178 valence electrons. The number of rotatable bonds is 6. The van der Waals surface area contributed by atoms with Gasteiger partial charge in [-0.15, -0.1) is 11.8 Å². The number of H-pyrrole nitrogens is 1. The van der Waals surface area contributed by atoms with E-state index in [0.717, 1.165) is 42.0 Å². The number of amides is 2. The van der Waals surface area contributed by atoms with Crippen LogP contribution in [0, 0.1) is 5.92 Å². The van der Waals surface area contributed by atoms with Gasteiger partial charge in [0, 0.05) is 42.5 Å². The molecule has 7 heteroatoms. The summed E-state index contributed by atoms with van der Waals surface area (Å²) >= 11 is 1.63. The van der Waals surface area contributed by atoms with Crippen molar-refractivity contribution in [3.63, 3.8) is 0 Å². The zero-order valence-corrected chi connectivity index (χ0v) is 20.4. The Kier molecular flexibility index (Phi) is 6.92. The molecule has 1 aromatic heterocycles. The lowest BCUT2D eigenvalue weighted by molar-refractivity contribution is -0.124. The van der Waals surface area contributed by atoms with Gasteiger partial charge in [-0.2, -0.15) is 0 Å². The van der Waals surface area contributed by atoms with Gasteiger partial charge in [0.15, 0.2) is 0 Å². The van der Waals surface area contributed by atoms with Crippen molar-refractivity contribution in [3.8, 4) is 0 Å². The fraction of sp³-hybridized carbons (Fsp3) is 0.407. The number of aromatic amines is 1. The lowest BCUT2D eigenvalue weighted by atomic mass is 9.99. The van der Waals surface area contributed by atoms with Gasteiger partial charge < -0.3 is 15.2 Å². The Morgan fingerprint density at radius 1 is 1.12 bits per heavy atom. The smallest absolute Gasteiger partial charge is 0.257 e. The van der Waals surface area contributed by atoms with E-state index >= 15 is 0 Å². The molecule has 6 nitrogen and oxygen atoms in total. The second-order valence-corrected chi connectivity index (χ2v) is 10.5. The van der Waals surface area contributed by atoms with Crippen LogP contribution in [0.4, 0.5) is 0 Å². The fourth-order valence-corrected chi connectivity index (χ4v) is 6.27. The fourth-order valence-electron chi connectivity index (χ4n) is 5.12. The number of hydrogen-bond acceptors (Lipinski definition) is 4. The molecule has 2 fully saturated rings. The van der Waals surface area contributed by atoms with Crippen molar-refractivity contribution in [1.29, 1.82) is 0 Å². The van der Waals surface area contributed by atoms with Gasteiger partial charge in [-0.3, -0.25) is 14.5 Å². The summed E-state index contributed by atoms with van der Waals surface area (Å²) in [4.78, 5) is 33.9. The highest BCUT2D eigenvalue weighted by Gasteiger charge is 2.35. The number of carbonyl (C=O) groups is 2. The van der Waals surface area contributed by atoms with Gasteiger partial charge in [0.05, 0.1) is 11.4 Å². The highest BCUT2D eigenvalue weighted by atomic mass is 32.2. The standard InChI is InChI=1S/C27H32N4O2S/c1-19-7-6-12-30(15-19)16-21-9-3-2-8-20(21)13-29-26(32)25-17-34-18-31(25)27(33)23-14-28-24-11-5-4-10-22(23)24/h2-5,8-11,14,19,25,28H,6-7,12-13,15-18H2,1H3,(H,29,32).